The van der Waals surface area contributed by atoms with Crippen molar-refractivity contribution in [1.29, 1.82) is 5.26 Å². The molecular weight excluding hydrogens is 260 g/mol. The Balaban J connectivity index is 3.22. The molecule has 0 saturated carbocycles. The van der Waals surface area contributed by atoms with E-state index in [4.69, 9.17) is 5.26 Å². The first-order valence-electron chi connectivity index (χ1n) is 2.45. The van der Waals surface area contributed by atoms with E-state index in [0.29, 0.717) is 10.3 Å². The molecule has 1 rings (SSSR count). The van der Waals surface area contributed by atoms with Gasteiger partial charge >= 0.3 is 0 Å². The normalized spacial score (nSPS) is 8.90. The Labute approximate surface area is 75.1 Å². The highest BCUT2D eigenvalue weighted by molar-refractivity contribution is 9.11. The van der Waals surface area contributed by atoms with Crippen molar-refractivity contribution in [2.45, 2.75) is 0 Å². The van der Waals surface area contributed by atoms with Crippen LogP contribution in [0, 0.1) is 11.3 Å². The largest absolute Gasteiger partial charge is 0.230 e. The van der Waals surface area contributed by atoms with Crippen molar-refractivity contribution < 1.29 is 0 Å². The summed E-state index contributed by atoms with van der Waals surface area (Å²) in [7, 11) is 0. The zero-order valence-electron chi connectivity index (χ0n) is 4.81. The summed E-state index contributed by atoms with van der Waals surface area (Å²) in [4.78, 5) is 3.88. The van der Waals surface area contributed by atoms with E-state index < -0.39 is 0 Å². The summed E-state index contributed by atoms with van der Waals surface area (Å²) in [6.07, 6.45) is 0. The van der Waals surface area contributed by atoms with E-state index >= 15 is 0 Å². The molecule has 0 unspecified atom stereocenters. The molecule has 0 fully saturated rings. The highest BCUT2D eigenvalue weighted by Gasteiger charge is 1.95. The molecule has 0 aliphatic rings. The van der Waals surface area contributed by atoms with Gasteiger partial charge in [0, 0.05) is 4.47 Å². The summed E-state index contributed by atoms with van der Waals surface area (Å²) >= 11 is 6.39. The fourth-order valence-electron chi connectivity index (χ4n) is 0.523. The average Bonchev–Trinajstić information content (AvgIpc) is 1.85. The monoisotopic (exact) mass is 260 g/mol. The average molecular weight is 262 g/mol. The molecule has 0 bridgehead atoms. The van der Waals surface area contributed by atoms with Crippen molar-refractivity contribution >= 4 is 31.9 Å². The Hall–Kier alpha value is -0.400. The second kappa shape index (κ2) is 3.13. The van der Waals surface area contributed by atoms with Gasteiger partial charge in [-0.05, 0) is 28.1 Å². The number of hydrogen-bond acceptors (Lipinski definition) is 2. The van der Waals surface area contributed by atoms with E-state index in [-0.39, 0.29) is 0 Å². The molecule has 0 radical (unpaired) electrons. The van der Waals surface area contributed by atoms with Crippen LogP contribution >= 0.6 is 31.9 Å². The highest BCUT2D eigenvalue weighted by atomic mass is 79.9. The van der Waals surface area contributed by atoms with Crippen molar-refractivity contribution in [3.05, 3.63) is 26.9 Å². The zero-order valence-corrected chi connectivity index (χ0v) is 7.98. The molecule has 10 heavy (non-hydrogen) atoms. The third-order valence-corrected chi connectivity index (χ3v) is 1.74. The molecule has 1 heterocycles. The van der Waals surface area contributed by atoms with Crippen LogP contribution in [-0.4, -0.2) is 4.98 Å². The molecule has 0 aliphatic heterocycles. The van der Waals surface area contributed by atoms with Gasteiger partial charge in [0.1, 0.15) is 16.4 Å². The molecule has 1 aromatic heterocycles. The number of rotatable bonds is 0. The van der Waals surface area contributed by atoms with Crippen molar-refractivity contribution in [2.24, 2.45) is 0 Å². The van der Waals surface area contributed by atoms with Crippen LogP contribution in [0.5, 0.6) is 0 Å². The van der Waals surface area contributed by atoms with Gasteiger partial charge < -0.3 is 0 Å². The van der Waals surface area contributed by atoms with Crippen LogP contribution in [0.3, 0.4) is 0 Å². The maximum atomic E-state index is 8.43. The first-order valence-corrected chi connectivity index (χ1v) is 4.04. The summed E-state index contributed by atoms with van der Waals surface area (Å²) in [6, 6.07) is 5.37. The Morgan fingerprint density at radius 1 is 1.40 bits per heavy atom. The lowest BCUT2D eigenvalue weighted by atomic mass is 10.4. The molecule has 0 amide bonds. The van der Waals surface area contributed by atoms with Crippen molar-refractivity contribution in [2.75, 3.05) is 0 Å². The van der Waals surface area contributed by atoms with Crippen LogP contribution in [0.25, 0.3) is 0 Å². The second-order valence-corrected chi connectivity index (χ2v) is 3.33. The third kappa shape index (κ3) is 1.79. The van der Waals surface area contributed by atoms with Gasteiger partial charge in [-0.15, -0.1) is 0 Å². The van der Waals surface area contributed by atoms with Crippen LogP contribution in [0.15, 0.2) is 21.2 Å². The van der Waals surface area contributed by atoms with Crippen molar-refractivity contribution in [1.82, 2.24) is 4.98 Å². The first kappa shape index (κ1) is 7.70. The SMILES string of the molecule is N#Cc1cc(Br)cc(Br)n1. The molecule has 0 aliphatic carbocycles. The minimum Gasteiger partial charge on any atom is -0.230 e. The zero-order chi connectivity index (χ0) is 7.56. The van der Waals surface area contributed by atoms with E-state index in [9.17, 15) is 0 Å². The molecule has 50 valence electrons. The molecule has 0 aromatic carbocycles. The number of aromatic nitrogens is 1. The fourth-order valence-corrected chi connectivity index (χ4v) is 1.70. The van der Waals surface area contributed by atoms with Gasteiger partial charge in [0.15, 0.2) is 0 Å². The molecule has 0 spiro atoms. The standard InChI is InChI=1S/C6H2Br2N2/c7-4-1-5(3-9)10-6(8)2-4/h1-2H. The van der Waals surface area contributed by atoms with E-state index in [1.54, 1.807) is 12.1 Å². The van der Waals surface area contributed by atoms with E-state index in [2.05, 4.69) is 36.8 Å². The van der Waals surface area contributed by atoms with Gasteiger partial charge in [0.2, 0.25) is 0 Å². The second-order valence-electron chi connectivity index (χ2n) is 1.61. The van der Waals surface area contributed by atoms with Gasteiger partial charge in [0.25, 0.3) is 0 Å². The smallest absolute Gasteiger partial charge is 0.142 e. The maximum absolute atomic E-state index is 8.43. The Bertz CT molecular complexity index is 270. The fraction of sp³-hybridized carbons (Fsp3) is 0. The number of halogens is 2. The molecule has 0 saturated heterocycles. The minimum atomic E-state index is 0.404. The number of pyridine rings is 1. The summed E-state index contributed by atoms with van der Waals surface area (Å²) in [5, 5.41) is 8.43. The molecule has 1 aromatic rings. The van der Waals surface area contributed by atoms with Gasteiger partial charge in [-0.3, -0.25) is 0 Å². The molecular formula is C6H2Br2N2. The topological polar surface area (TPSA) is 36.7 Å². The summed E-state index contributed by atoms with van der Waals surface area (Å²) in [5.41, 5.74) is 0.404. The van der Waals surface area contributed by atoms with E-state index in [0.717, 1.165) is 4.47 Å². The van der Waals surface area contributed by atoms with Gasteiger partial charge in [0.05, 0.1) is 0 Å². The lowest BCUT2D eigenvalue weighted by molar-refractivity contribution is 1.21. The van der Waals surface area contributed by atoms with Crippen LogP contribution in [0.2, 0.25) is 0 Å². The predicted octanol–water partition coefficient (Wildman–Crippen LogP) is 2.48. The predicted molar refractivity (Wildman–Crippen MR) is 44.4 cm³/mol. The Kier molecular flexibility index (Phi) is 2.41. The maximum Gasteiger partial charge on any atom is 0.142 e. The number of nitrogens with zero attached hydrogens (tertiary/aromatic N) is 2. The minimum absolute atomic E-state index is 0.404. The van der Waals surface area contributed by atoms with Crippen molar-refractivity contribution in [3.8, 4) is 6.07 Å². The van der Waals surface area contributed by atoms with Gasteiger partial charge in [-0.1, -0.05) is 15.9 Å². The molecule has 2 nitrogen and oxygen atoms in total. The Morgan fingerprint density at radius 3 is 2.60 bits per heavy atom. The van der Waals surface area contributed by atoms with Crippen LogP contribution in [-0.2, 0) is 0 Å². The Morgan fingerprint density at radius 2 is 2.10 bits per heavy atom. The van der Waals surface area contributed by atoms with Crippen LogP contribution in [0.4, 0.5) is 0 Å². The summed E-state index contributed by atoms with van der Waals surface area (Å²) in [5.74, 6) is 0. The van der Waals surface area contributed by atoms with Gasteiger partial charge in [-0.25, -0.2) is 4.98 Å². The highest BCUT2D eigenvalue weighted by Crippen LogP contribution is 2.15. The summed E-state index contributed by atoms with van der Waals surface area (Å²) < 4.78 is 1.52. The first-order chi connectivity index (χ1) is 4.72. The molecule has 0 N–H and O–H groups in total. The van der Waals surface area contributed by atoms with E-state index in [1.165, 1.54) is 0 Å². The van der Waals surface area contributed by atoms with Gasteiger partial charge in [-0.2, -0.15) is 5.26 Å². The quantitative estimate of drug-likeness (QED) is 0.673. The van der Waals surface area contributed by atoms with Crippen LogP contribution in [0.1, 0.15) is 5.69 Å². The molecule has 4 heteroatoms. The molecule has 0 atom stereocenters. The van der Waals surface area contributed by atoms with Crippen LogP contribution < -0.4 is 0 Å². The number of nitriles is 1. The third-order valence-electron chi connectivity index (χ3n) is 0.873. The van der Waals surface area contributed by atoms with E-state index in [1.807, 2.05) is 6.07 Å². The van der Waals surface area contributed by atoms with Crippen molar-refractivity contribution in [3.63, 3.8) is 0 Å². The summed E-state index contributed by atoms with van der Waals surface area (Å²) in [6.45, 7) is 0. The number of hydrogen-bond donors (Lipinski definition) is 0. The lowest BCUT2D eigenvalue weighted by Crippen LogP contribution is -1.81. The lowest BCUT2D eigenvalue weighted by Gasteiger charge is -1.91.